The Hall–Kier alpha value is -3.85. The summed E-state index contributed by atoms with van der Waals surface area (Å²) in [6.07, 6.45) is 0. The van der Waals surface area contributed by atoms with Gasteiger partial charge < -0.3 is 29.1 Å². The van der Waals surface area contributed by atoms with Crippen molar-refractivity contribution in [1.82, 2.24) is 9.80 Å². The summed E-state index contributed by atoms with van der Waals surface area (Å²) >= 11 is 0. The molecule has 204 valence electrons. The molecule has 1 aliphatic rings. The summed E-state index contributed by atoms with van der Waals surface area (Å²) in [7, 11) is 6.75. The number of benzene rings is 2. The average Bonchev–Trinajstić information content (AvgIpc) is 3.10. The third-order valence-corrected chi connectivity index (χ3v) is 6.37. The van der Waals surface area contributed by atoms with Crippen LogP contribution in [-0.4, -0.2) is 74.0 Å². The summed E-state index contributed by atoms with van der Waals surface area (Å²) in [6.45, 7) is 8.05. The summed E-state index contributed by atoms with van der Waals surface area (Å²) in [5.74, 6) is -1.22. The fraction of sp³-hybridized carbons (Fsp3) is 0.414. The molecule has 1 N–H and O–H groups in total. The molecule has 38 heavy (non-hydrogen) atoms. The molecule has 1 heterocycles. The van der Waals surface area contributed by atoms with E-state index in [9.17, 15) is 19.5 Å². The third kappa shape index (κ3) is 5.83. The number of likely N-dealkylation sites (N-methyl/N-ethyl adjacent to an activating group) is 1. The number of Topliss-reactive ketones (excluding diaryl/α,β-unsaturated/α-hetero) is 1. The Morgan fingerprint density at radius 2 is 1.63 bits per heavy atom. The number of ether oxygens (including phenoxy) is 3. The highest BCUT2D eigenvalue weighted by Crippen LogP contribution is 2.43. The highest BCUT2D eigenvalue weighted by atomic mass is 16.6. The standard InChI is InChI=1S/C29H36N2O7/c1-17(32)38-23-16-18(9-12-22(23)37-8)25-24(27(34)28(35)31(25)14-13-30(5)6)26(33)19-10-11-21(36-7)20(15-19)29(2,3)4/h9-12,15-16,25,33H,13-14H2,1-8H3/b26-24+. The van der Waals surface area contributed by atoms with Gasteiger partial charge in [0.15, 0.2) is 11.5 Å². The third-order valence-electron chi connectivity index (χ3n) is 6.37. The second-order valence-corrected chi connectivity index (χ2v) is 10.5. The molecule has 9 heteroatoms. The number of nitrogens with zero attached hydrogens (tertiary/aromatic N) is 2. The van der Waals surface area contributed by atoms with Crippen LogP contribution in [0.25, 0.3) is 5.76 Å². The summed E-state index contributed by atoms with van der Waals surface area (Å²) in [5.41, 5.74) is 1.36. The van der Waals surface area contributed by atoms with E-state index in [1.54, 1.807) is 43.5 Å². The van der Waals surface area contributed by atoms with Crippen LogP contribution < -0.4 is 14.2 Å². The molecule has 2 aromatic rings. The molecule has 2 aromatic carbocycles. The molecule has 1 aliphatic heterocycles. The first-order valence-electron chi connectivity index (χ1n) is 12.3. The van der Waals surface area contributed by atoms with E-state index in [1.807, 2.05) is 39.8 Å². The van der Waals surface area contributed by atoms with Gasteiger partial charge in [0.2, 0.25) is 0 Å². The minimum atomic E-state index is -0.907. The van der Waals surface area contributed by atoms with Gasteiger partial charge in [0.25, 0.3) is 11.7 Å². The van der Waals surface area contributed by atoms with Crippen molar-refractivity contribution in [2.75, 3.05) is 41.4 Å². The maximum absolute atomic E-state index is 13.4. The molecule has 0 bridgehead atoms. The molecule has 0 aromatic heterocycles. The normalized spacial score (nSPS) is 17.2. The highest BCUT2D eigenvalue weighted by Gasteiger charge is 2.46. The van der Waals surface area contributed by atoms with Crippen LogP contribution in [0.4, 0.5) is 0 Å². The second kappa shape index (κ2) is 11.3. The topological polar surface area (TPSA) is 106 Å². The molecule has 1 atom stereocenters. The van der Waals surface area contributed by atoms with Gasteiger partial charge in [0.05, 0.1) is 25.8 Å². The largest absolute Gasteiger partial charge is 0.507 e. The molecule has 1 amide bonds. The molecule has 0 spiro atoms. The number of ketones is 1. The fourth-order valence-electron chi connectivity index (χ4n) is 4.46. The minimum Gasteiger partial charge on any atom is -0.507 e. The second-order valence-electron chi connectivity index (χ2n) is 10.5. The van der Waals surface area contributed by atoms with Crippen LogP contribution in [0.15, 0.2) is 42.0 Å². The monoisotopic (exact) mass is 524 g/mol. The number of carbonyl (C=O) groups is 3. The SMILES string of the molecule is COc1ccc(C2/C(=C(\O)c3ccc(OC)c(C(C)(C)C)c3)C(=O)C(=O)N2CCN(C)C)cc1OC(C)=O. The number of carbonyl (C=O) groups excluding carboxylic acids is 3. The van der Waals surface area contributed by atoms with Crippen LogP contribution in [0.2, 0.25) is 0 Å². The van der Waals surface area contributed by atoms with Crippen molar-refractivity contribution in [3.05, 3.63) is 58.7 Å². The summed E-state index contributed by atoms with van der Waals surface area (Å²) in [5, 5.41) is 11.5. The first kappa shape index (κ1) is 28.7. The number of methoxy groups -OCH3 is 2. The van der Waals surface area contributed by atoms with Gasteiger partial charge in [-0.2, -0.15) is 0 Å². The van der Waals surface area contributed by atoms with Crippen LogP contribution >= 0.6 is 0 Å². The van der Waals surface area contributed by atoms with Crippen molar-refractivity contribution in [2.45, 2.75) is 39.2 Å². The lowest BCUT2D eigenvalue weighted by atomic mass is 9.84. The summed E-state index contributed by atoms with van der Waals surface area (Å²) < 4.78 is 16.2. The van der Waals surface area contributed by atoms with Gasteiger partial charge in [-0.15, -0.1) is 0 Å². The number of hydrogen-bond acceptors (Lipinski definition) is 8. The number of hydrogen-bond donors (Lipinski definition) is 1. The molecule has 3 rings (SSSR count). The van der Waals surface area contributed by atoms with Crippen molar-refractivity contribution < 1.29 is 33.7 Å². The molecule has 1 saturated heterocycles. The molecular formula is C29H36N2O7. The van der Waals surface area contributed by atoms with Gasteiger partial charge in [-0.3, -0.25) is 14.4 Å². The summed E-state index contributed by atoms with van der Waals surface area (Å²) in [4.78, 5) is 41.7. The Morgan fingerprint density at radius 1 is 1.00 bits per heavy atom. The number of esters is 1. The lowest BCUT2D eigenvalue weighted by Gasteiger charge is -2.27. The maximum atomic E-state index is 13.4. The van der Waals surface area contributed by atoms with Crippen LogP contribution in [0.1, 0.15) is 50.4 Å². The molecular weight excluding hydrogens is 488 g/mol. The van der Waals surface area contributed by atoms with Gasteiger partial charge in [0.1, 0.15) is 11.5 Å². The zero-order valence-corrected chi connectivity index (χ0v) is 23.2. The van der Waals surface area contributed by atoms with Gasteiger partial charge >= 0.3 is 5.97 Å². The number of amides is 1. The Labute approximate surface area is 223 Å². The van der Waals surface area contributed by atoms with Gasteiger partial charge in [-0.1, -0.05) is 26.8 Å². The van der Waals surface area contributed by atoms with E-state index in [4.69, 9.17) is 14.2 Å². The molecule has 0 saturated carbocycles. The van der Waals surface area contributed by atoms with E-state index in [-0.39, 0.29) is 29.0 Å². The fourth-order valence-corrected chi connectivity index (χ4v) is 4.46. The Morgan fingerprint density at radius 3 is 2.18 bits per heavy atom. The van der Waals surface area contributed by atoms with Gasteiger partial charge in [-0.25, -0.2) is 0 Å². The van der Waals surface area contributed by atoms with E-state index in [1.165, 1.54) is 18.9 Å². The predicted octanol–water partition coefficient (Wildman–Crippen LogP) is 3.91. The number of aliphatic hydroxyl groups excluding tert-OH is 1. The molecule has 0 aliphatic carbocycles. The van der Waals surface area contributed by atoms with Crippen molar-refractivity contribution in [2.24, 2.45) is 0 Å². The number of likely N-dealkylation sites (tertiary alicyclic amines) is 1. The summed E-state index contributed by atoms with van der Waals surface area (Å²) in [6, 6.07) is 9.11. The zero-order valence-electron chi connectivity index (χ0n) is 23.2. The smallest absolute Gasteiger partial charge is 0.308 e. The highest BCUT2D eigenvalue weighted by molar-refractivity contribution is 6.46. The Bertz CT molecular complexity index is 1270. The van der Waals surface area contributed by atoms with E-state index in [0.717, 1.165) is 5.56 Å². The lowest BCUT2D eigenvalue weighted by molar-refractivity contribution is -0.140. The minimum absolute atomic E-state index is 0.0438. The van der Waals surface area contributed by atoms with E-state index in [2.05, 4.69) is 0 Å². The quantitative estimate of drug-likeness (QED) is 0.182. The van der Waals surface area contributed by atoms with Crippen LogP contribution in [0, 0.1) is 0 Å². The van der Waals surface area contributed by atoms with Crippen molar-refractivity contribution >= 4 is 23.4 Å². The first-order valence-corrected chi connectivity index (χ1v) is 12.3. The van der Waals surface area contributed by atoms with Crippen molar-refractivity contribution in [1.29, 1.82) is 0 Å². The van der Waals surface area contributed by atoms with Crippen molar-refractivity contribution in [3.63, 3.8) is 0 Å². The molecule has 0 radical (unpaired) electrons. The maximum Gasteiger partial charge on any atom is 0.308 e. The number of rotatable bonds is 8. The Kier molecular flexibility index (Phi) is 8.51. The van der Waals surface area contributed by atoms with Gasteiger partial charge in [0, 0.05) is 31.1 Å². The molecule has 1 fully saturated rings. The van der Waals surface area contributed by atoms with E-state index in [0.29, 0.717) is 29.2 Å². The zero-order chi connectivity index (χ0) is 28.4. The molecule has 9 nitrogen and oxygen atoms in total. The predicted molar refractivity (Wildman–Crippen MR) is 144 cm³/mol. The first-order chi connectivity index (χ1) is 17.8. The van der Waals surface area contributed by atoms with Crippen LogP contribution in [0.5, 0.6) is 17.2 Å². The van der Waals surface area contributed by atoms with E-state index >= 15 is 0 Å². The van der Waals surface area contributed by atoms with Crippen molar-refractivity contribution in [3.8, 4) is 17.2 Å². The number of aliphatic hydroxyl groups is 1. The van der Waals surface area contributed by atoms with Gasteiger partial charge in [-0.05, 0) is 55.4 Å². The van der Waals surface area contributed by atoms with E-state index < -0.39 is 23.7 Å². The lowest BCUT2D eigenvalue weighted by Crippen LogP contribution is -2.35. The average molecular weight is 525 g/mol. The van der Waals surface area contributed by atoms with Crippen LogP contribution in [-0.2, 0) is 19.8 Å². The Balaban J connectivity index is 2.26. The van der Waals surface area contributed by atoms with Crippen LogP contribution in [0.3, 0.4) is 0 Å². The molecule has 1 unspecified atom stereocenters.